The van der Waals surface area contributed by atoms with Crippen molar-refractivity contribution in [1.29, 1.82) is 5.26 Å². The first-order valence-electron chi connectivity index (χ1n) is 9.58. The molecule has 3 rings (SSSR count). The summed E-state index contributed by atoms with van der Waals surface area (Å²) < 4.78 is 5.51. The first-order valence-corrected chi connectivity index (χ1v) is 9.58. The fourth-order valence-corrected chi connectivity index (χ4v) is 3.34. The highest BCUT2D eigenvalue weighted by Crippen LogP contribution is 2.28. The molecule has 0 aromatic heterocycles. The summed E-state index contributed by atoms with van der Waals surface area (Å²) in [6, 6.07) is 17.0. The van der Waals surface area contributed by atoms with Crippen LogP contribution in [0.4, 0.5) is 5.69 Å². The molecule has 7 heteroatoms. The normalized spacial score (nSPS) is 13.6. The molecule has 0 spiro atoms. The predicted molar refractivity (Wildman–Crippen MR) is 109 cm³/mol. The Bertz CT molecular complexity index is 897. The number of aryl methyl sites for hydroxylation is 1. The standard InChI is InChI=1S/C22H24N4O3/c23-15-18-7-5-17(6-8-18)9-10-22(28)26-13-11-25(12-14-26)19-3-1-2-4-20(19)29-16-21(24)27/h1-8H,9-14,16H2,(H2,24,27). The number of piperazine rings is 1. The minimum Gasteiger partial charge on any atom is -0.482 e. The maximum absolute atomic E-state index is 12.6. The van der Waals surface area contributed by atoms with E-state index in [0.29, 0.717) is 50.3 Å². The van der Waals surface area contributed by atoms with E-state index >= 15 is 0 Å². The highest BCUT2D eigenvalue weighted by Gasteiger charge is 2.22. The molecule has 7 nitrogen and oxygen atoms in total. The fourth-order valence-electron chi connectivity index (χ4n) is 3.34. The van der Waals surface area contributed by atoms with E-state index in [0.717, 1.165) is 11.3 Å². The number of ether oxygens (including phenoxy) is 1. The van der Waals surface area contributed by atoms with E-state index in [4.69, 9.17) is 15.7 Å². The topological polar surface area (TPSA) is 99.7 Å². The van der Waals surface area contributed by atoms with Crippen LogP contribution in [0.25, 0.3) is 0 Å². The summed E-state index contributed by atoms with van der Waals surface area (Å²) in [5.41, 5.74) is 7.74. The molecule has 1 aliphatic heterocycles. The van der Waals surface area contributed by atoms with E-state index in [1.807, 2.05) is 41.3 Å². The van der Waals surface area contributed by atoms with Gasteiger partial charge in [0.25, 0.3) is 5.91 Å². The first-order chi connectivity index (χ1) is 14.1. The van der Waals surface area contributed by atoms with Crippen molar-refractivity contribution < 1.29 is 14.3 Å². The minimum absolute atomic E-state index is 0.132. The van der Waals surface area contributed by atoms with Crippen LogP contribution in [0.15, 0.2) is 48.5 Å². The smallest absolute Gasteiger partial charge is 0.255 e. The number of anilines is 1. The van der Waals surface area contributed by atoms with Gasteiger partial charge in [0.1, 0.15) is 5.75 Å². The summed E-state index contributed by atoms with van der Waals surface area (Å²) in [5.74, 6) is 0.233. The van der Waals surface area contributed by atoms with Crippen molar-refractivity contribution in [2.24, 2.45) is 5.73 Å². The minimum atomic E-state index is -0.516. The maximum atomic E-state index is 12.6. The van der Waals surface area contributed by atoms with Gasteiger partial charge < -0.3 is 20.3 Å². The van der Waals surface area contributed by atoms with E-state index in [2.05, 4.69) is 11.0 Å². The summed E-state index contributed by atoms with van der Waals surface area (Å²) in [4.78, 5) is 27.6. The lowest BCUT2D eigenvalue weighted by Gasteiger charge is -2.36. The lowest BCUT2D eigenvalue weighted by molar-refractivity contribution is -0.131. The van der Waals surface area contributed by atoms with Crippen LogP contribution in [0.5, 0.6) is 5.75 Å². The molecular weight excluding hydrogens is 368 g/mol. The number of carbonyl (C=O) groups excluding carboxylic acids is 2. The highest BCUT2D eigenvalue weighted by molar-refractivity contribution is 5.77. The molecule has 1 aliphatic rings. The quantitative estimate of drug-likeness (QED) is 0.773. The molecule has 2 aromatic rings. The fraction of sp³-hybridized carbons (Fsp3) is 0.318. The van der Waals surface area contributed by atoms with Crippen LogP contribution in [0, 0.1) is 11.3 Å². The van der Waals surface area contributed by atoms with Crippen molar-refractivity contribution in [3.63, 3.8) is 0 Å². The molecule has 1 fully saturated rings. The zero-order valence-corrected chi connectivity index (χ0v) is 16.2. The van der Waals surface area contributed by atoms with E-state index < -0.39 is 5.91 Å². The third kappa shape index (κ3) is 5.48. The van der Waals surface area contributed by atoms with Crippen LogP contribution in [-0.2, 0) is 16.0 Å². The number of para-hydroxylation sites is 2. The van der Waals surface area contributed by atoms with Gasteiger partial charge in [-0.2, -0.15) is 5.26 Å². The number of benzene rings is 2. The van der Waals surface area contributed by atoms with Crippen LogP contribution in [-0.4, -0.2) is 49.5 Å². The molecule has 0 radical (unpaired) electrons. The Balaban J connectivity index is 1.51. The lowest BCUT2D eigenvalue weighted by atomic mass is 10.1. The predicted octanol–water partition coefficient (Wildman–Crippen LogP) is 1.70. The van der Waals surface area contributed by atoms with Gasteiger partial charge in [-0.15, -0.1) is 0 Å². The molecule has 1 heterocycles. The highest BCUT2D eigenvalue weighted by atomic mass is 16.5. The van der Waals surface area contributed by atoms with Gasteiger partial charge in [-0.05, 0) is 36.2 Å². The Labute approximate surface area is 170 Å². The zero-order chi connectivity index (χ0) is 20.6. The number of rotatable bonds is 7. The number of carbonyl (C=O) groups is 2. The molecule has 2 aromatic carbocycles. The second-order valence-corrected chi connectivity index (χ2v) is 6.90. The molecule has 0 aliphatic carbocycles. The number of primary amides is 1. The molecule has 2 amide bonds. The number of amides is 2. The Morgan fingerprint density at radius 1 is 1.03 bits per heavy atom. The van der Waals surface area contributed by atoms with Gasteiger partial charge in [-0.1, -0.05) is 24.3 Å². The van der Waals surface area contributed by atoms with E-state index in [1.165, 1.54) is 0 Å². The number of nitriles is 1. The van der Waals surface area contributed by atoms with Crippen molar-refractivity contribution in [2.45, 2.75) is 12.8 Å². The Hall–Kier alpha value is -3.53. The second kappa shape index (κ2) is 9.60. The second-order valence-electron chi connectivity index (χ2n) is 6.90. The molecule has 1 saturated heterocycles. The lowest BCUT2D eigenvalue weighted by Crippen LogP contribution is -2.49. The van der Waals surface area contributed by atoms with Crippen molar-refractivity contribution in [2.75, 3.05) is 37.7 Å². The van der Waals surface area contributed by atoms with Crippen molar-refractivity contribution >= 4 is 17.5 Å². The number of nitrogens with two attached hydrogens (primary N) is 1. The van der Waals surface area contributed by atoms with Crippen LogP contribution in [0.3, 0.4) is 0 Å². The van der Waals surface area contributed by atoms with E-state index in [-0.39, 0.29) is 12.5 Å². The number of hydrogen-bond acceptors (Lipinski definition) is 5. The third-order valence-corrected chi connectivity index (χ3v) is 4.92. The first kappa shape index (κ1) is 20.2. The average molecular weight is 392 g/mol. The third-order valence-electron chi connectivity index (χ3n) is 4.92. The number of hydrogen-bond donors (Lipinski definition) is 1. The van der Waals surface area contributed by atoms with Gasteiger partial charge in [0.05, 0.1) is 17.3 Å². The molecule has 29 heavy (non-hydrogen) atoms. The average Bonchev–Trinajstić information content (AvgIpc) is 2.76. The summed E-state index contributed by atoms with van der Waals surface area (Å²) in [5, 5.41) is 8.85. The van der Waals surface area contributed by atoms with E-state index in [9.17, 15) is 9.59 Å². The van der Waals surface area contributed by atoms with Crippen LogP contribution in [0.2, 0.25) is 0 Å². The monoisotopic (exact) mass is 392 g/mol. The molecule has 0 atom stereocenters. The summed E-state index contributed by atoms with van der Waals surface area (Å²) in [7, 11) is 0. The summed E-state index contributed by atoms with van der Waals surface area (Å²) in [6.07, 6.45) is 1.11. The molecule has 0 bridgehead atoms. The SMILES string of the molecule is N#Cc1ccc(CCC(=O)N2CCN(c3ccccc3OCC(N)=O)CC2)cc1. The van der Waals surface area contributed by atoms with Gasteiger partial charge in [-0.25, -0.2) is 0 Å². The van der Waals surface area contributed by atoms with Crippen LogP contribution >= 0.6 is 0 Å². The van der Waals surface area contributed by atoms with Crippen molar-refractivity contribution in [1.82, 2.24) is 4.90 Å². The van der Waals surface area contributed by atoms with Crippen molar-refractivity contribution in [3.05, 3.63) is 59.7 Å². The van der Waals surface area contributed by atoms with Crippen LogP contribution in [0.1, 0.15) is 17.5 Å². The van der Waals surface area contributed by atoms with Gasteiger partial charge in [0.2, 0.25) is 5.91 Å². The molecule has 0 saturated carbocycles. The number of nitrogens with zero attached hydrogens (tertiary/aromatic N) is 3. The van der Waals surface area contributed by atoms with Crippen molar-refractivity contribution in [3.8, 4) is 11.8 Å². The Kier molecular flexibility index (Phi) is 6.69. The largest absolute Gasteiger partial charge is 0.482 e. The maximum Gasteiger partial charge on any atom is 0.255 e. The van der Waals surface area contributed by atoms with E-state index in [1.54, 1.807) is 12.1 Å². The molecule has 150 valence electrons. The Morgan fingerprint density at radius 3 is 2.38 bits per heavy atom. The summed E-state index contributed by atoms with van der Waals surface area (Å²) in [6.45, 7) is 2.50. The molecule has 0 unspecified atom stereocenters. The van der Waals surface area contributed by atoms with Gasteiger partial charge in [-0.3, -0.25) is 9.59 Å². The van der Waals surface area contributed by atoms with Crippen LogP contribution < -0.4 is 15.4 Å². The van der Waals surface area contributed by atoms with Gasteiger partial charge >= 0.3 is 0 Å². The molecule has 2 N–H and O–H groups in total. The summed E-state index contributed by atoms with van der Waals surface area (Å²) >= 11 is 0. The Morgan fingerprint density at radius 2 is 1.72 bits per heavy atom. The van der Waals surface area contributed by atoms with Gasteiger partial charge in [0, 0.05) is 32.6 Å². The van der Waals surface area contributed by atoms with Gasteiger partial charge in [0.15, 0.2) is 6.61 Å². The zero-order valence-electron chi connectivity index (χ0n) is 16.2. The molecular formula is C22H24N4O3.